The van der Waals surface area contributed by atoms with Crippen molar-refractivity contribution in [1.82, 2.24) is 9.55 Å². The maximum Gasteiger partial charge on any atom is 0.329 e. The second kappa shape index (κ2) is 4.29. The Morgan fingerprint density at radius 1 is 1.47 bits per heavy atom. The van der Waals surface area contributed by atoms with Crippen LogP contribution in [0.2, 0.25) is 0 Å². The van der Waals surface area contributed by atoms with Crippen molar-refractivity contribution in [3.63, 3.8) is 0 Å². The molecule has 2 aromatic rings. The Morgan fingerprint density at radius 2 is 2.24 bits per heavy atom. The molecule has 0 bridgehead atoms. The third-order valence-electron chi connectivity index (χ3n) is 2.50. The first-order chi connectivity index (χ1) is 8.19. The van der Waals surface area contributed by atoms with E-state index in [4.69, 9.17) is 4.74 Å². The summed E-state index contributed by atoms with van der Waals surface area (Å²) in [6, 6.07) is 5.06. The summed E-state index contributed by atoms with van der Waals surface area (Å²) in [7, 11) is 1.48. The van der Waals surface area contributed by atoms with Crippen molar-refractivity contribution in [2.24, 2.45) is 0 Å². The molecule has 17 heavy (non-hydrogen) atoms. The Balaban J connectivity index is 2.94. The van der Waals surface area contributed by atoms with E-state index in [9.17, 15) is 9.59 Å². The van der Waals surface area contributed by atoms with Crippen molar-refractivity contribution in [3.05, 3.63) is 51.7 Å². The summed E-state index contributed by atoms with van der Waals surface area (Å²) in [5, 5.41) is 0.372. The second-order valence-corrected chi connectivity index (χ2v) is 3.52. The second-order valence-electron chi connectivity index (χ2n) is 3.52. The van der Waals surface area contributed by atoms with Crippen LogP contribution in [0, 0.1) is 0 Å². The molecule has 2 rings (SSSR count). The maximum absolute atomic E-state index is 12.1. The zero-order valence-corrected chi connectivity index (χ0v) is 9.40. The van der Waals surface area contributed by atoms with Crippen LogP contribution in [0.25, 0.3) is 10.9 Å². The van der Waals surface area contributed by atoms with Gasteiger partial charge in [-0.15, -0.1) is 6.58 Å². The highest BCUT2D eigenvalue weighted by Gasteiger charge is 2.10. The van der Waals surface area contributed by atoms with Crippen LogP contribution in [0.15, 0.2) is 40.4 Å². The fourth-order valence-corrected chi connectivity index (χ4v) is 1.73. The molecular formula is C12H12N2O3. The molecule has 0 aliphatic heterocycles. The van der Waals surface area contributed by atoms with Gasteiger partial charge < -0.3 is 9.72 Å². The van der Waals surface area contributed by atoms with Crippen LogP contribution in [-0.4, -0.2) is 16.7 Å². The minimum atomic E-state index is -0.448. The number of aromatic nitrogens is 2. The number of nitrogens with one attached hydrogen (secondary N) is 1. The van der Waals surface area contributed by atoms with Gasteiger partial charge >= 0.3 is 5.69 Å². The highest BCUT2D eigenvalue weighted by molar-refractivity contribution is 5.83. The Kier molecular flexibility index (Phi) is 2.82. The van der Waals surface area contributed by atoms with Gasteiger partial charge in [-0.1, -0.05) is 12.1 Å². The molecule has 0 unspecified atom stereocenters. The van der Waals surface area contributed by atoms with E-state index in [1.807, 2.05) is 0 Å². The molecule has 0 fully saturated rings. The Bertz CT molecular complexity index is 682. The average molecular weight is 232 g/mol. The summed E-state index contributed by atoms with van der Waals surface area (Å²) in [4.78, 5) is 26.4. The largest absolute Gasteiger partial charge is 0.496 e. The van der Waals surface area contributed by atoms with Crippen molar-refractivity contribution < 1.29 is 4.74 Å². The summed E-state index contributed by atoms with van der Waals surface area (Å²) < 4.78 is 6.20. The van der Waals surface area contributed by atoms with Crippen molar-refractivity contribution >= 4 is 10.9 Å². The number of nitrogens with zero attached hydrogens (tertiary/aromatic N) is 1. The molecule has 1 aromatic heterocycles. The van der Waals surface area contributed by atoms with E-state index < -0.39 is 5.69 Å². The van der Waals surface area contributed by atoms with E-state index in [0.29, 0.717) is 16.7 Å². The minimum Gasteiger partial charge on any atom is -0.496 e. The molecule has 0 spiro atoms. The van der Waals surface area contributed by atoms with Crippen LogP contribution >= 0.6 is 0 Å². The first-order valence-electron chi connectivity index (χ1n) is 5.09. The van der Waals surface area contributed by atoms with Crippen molar-refractivity contribution in [2.45, 2.75) is 6.54 Å². The standard InChI is InChI=1S/C12H12N2O3/c1-3-7-14-11(15)10-8(13-12(14)16)5-4-6-9(10)17-2/h3-6H,1,7H2,2H3,(H,13,16). The van der Waals surface area contributed by atoms with Crippen LogP contribution in [0.3, 0.4) is 0 Å². The molecular weight excluding hydrogens is 220 g/mol. The maximum atomic E-state index is 12.1. The first kappa shape index (κ1) is 11.2. The third kappa shape index (κ3) is 1.75. The molecule has 1 aromatic carbocycles. The molecule has 0 saturated carbocycles. The molecule has 1 N–H and O–H groups in total. The van der Waals surface area contributed by atoms with E-state index >= 15 is 0 Å². The highest BCUT2D eigenvalue weighted by atomic mass is 16.5. The molecule has 0 amide bonds. The predicted octanol–water partition coefficient (Wildman–Crippen LogP) is 0.884. The number of ether oxygens (including phenoxy) is 1. The van der Waals surface area contributed by atoms with Gasteiger partial charge in [0.1, 0.15) is 11.1 Å². The lowest BCUT2D eigenvalue weighted by atomic mass is 10.2. The molecule has 5 heteroatoms. The molecule has 5 nitrogen and oxygen atoms in total. The van der Waals surface area contributed by atoms with Crippen LogP contribution in [0.1, 0.15) is 0 Å². The fraction of sp³-hybridized carbons (Fsp3) is 0.167. The van der Waals surface area contributed by atoms with E-state index in [1.165, 1.54) is 13.2 Å². The highest BCUT2D eigenvalue weighted by Crippen LogP contribution is 2.18. The van der Waals surface area contributed by atoms with Crippen molar-refractivity contribution in [2.75, 3.05) is 7.11 Å². The van der Waals surface area contributed by atoms with Gasteiger partial charge in [-0.3, -0.25) is 9.36 Å². The predicted molar refractivity (Wildman–Crippen MR) is 65.6 cm³/mol. The average Bonchev–Trinajstić information content (AvgIpc) is 2.33. The zero-order valence-electron chi connectivity index (χ0n) is 9.40. The lowest BCUT2D eigenvalue weighted by molar-refractivity contribution is 0.419. The molecule has 88 valence electrons. The Labute approximate surface area is 97.0 Å². The topological polar surface area (TPSA) is 64.1 Å². The molecule has 0 atom stereocenters. The number of hydrogen-bond donors (Lipinski definition) is 1. The van der Waals surface area contributed by atoms with Gasteiger partial charge in [-0.05, 0) is 12.1 Å². The molecule has 0 aliphatic carbocycles. The van der Waals surface area contributed by atoms with Crippen molar-refractivity contribution in [3.8, 4) is 5.75 Å². The number of H-pyrrole nitrogens is 1. The summed E-state index contributed by atoms with van der Waals surface area (Å²) in [5.74, 6) is 0.446. The fourth-order valence-electron chi connectivity index (χ4n) is 1.73. The summed E-state index contributed by atoms with van der Waals surface area (Å²) in [6.45, 7) is 3.69. The van der Waals surface area contributed by atoms with Gasteiger partial charge in [0, 0.05) is 6.54 Å². The number of rotatable bonds is 3. The lowest BCUT2D eigenvalue weighted by Gasteiger charge is -2.07. The van der Waals surface area contributed by atoms with Gasteiger partial charge in [-0.25, -0.2) is 4.79 Å². The zero-order chi connectivity index (χ0) is 12.4. The summed E-state index contributed by atoms with van der Waals surface area (Å²) >= 11 is 0. The normalized spacial score (nSPS) is 10.4. The number of methoxy groups -OCH3 is 1. The first-order valence-corrected chi connectivity index (χ1v) is 5.09. The van der Waals surface area contributed by atoms with E-state index in [2.05, 4.69) is 11.6 Å². The van der Waals surface area contributed by atoms with Gasteiger partial charge in [-0.2, -0.15) is 0 Å². The van der Waals surface area contributed by atoms with Crippen LogP contribution < -0.4 is 16.0 Å². The van der Waals surface area contributed by atoms with Gasteiger partial charge in [0.25, 0.3) is 5.56 Å². The van der Waals surface area contributed by atoms with Crippen molar-refractivity contribution in [1.29, 1.82) is 0 Å². The van der Waals surface area contributed by atoms with E-state index in [1.54, 1.807) is 18.2 Å². The Morgan fingerprint density at radius 3 is 2.88 bits per heavy atom. The monoisotopic (exact) mass is 232 g/mol. The van der Waals surface area contributed by atoms with Crippen LogP contribution in [-0.2, 0) is 6.54 Å². The number of fused-ring (bicyclic) bond motifs is 1. The summed E-state index contributed by atoms with van der Waals surface area (Å²) in [6.07, 6.45) is 1.50. The molecule has 0 radical (unpaired) electrons. The van der Waals surface area contributed by atoms with Crippen LogP contribution in [0.5, 0.6) is 5.75 Å². The number of allylic oxidation sites excluding steroid dienone is 1. The molecule has 0 aliphatic rings. The Hall–Kier alpha value is -2.30. The van der Waals surface area contributed by atoms with Gasteiger partial charge in [0.05, 0.1) is 12.6 Å². The summed E-state index contributed by atoms with van der Waals surface area (Å²) in [5.41, 5.74) is -0.351. The molecule has 0 saturated heterocycles. The number of benzene rings is 1. The SMILES string of the molecule is C=CCn1c(=O)[nH]c2cccc(OC)c2c1=O. The quantitative estimate of drug-likeness (QED) is 0.799. The van der Waals surface area contributed by atoms with Gasteiger partial charge in [0.15, 0.2) is 0 Å². The number of aromatic amines is 1. The number of hydrogen-bond acceptors (Lipinski definition) is 3. The van der Waals surface area contributed by atoms with E-state index in [0.717, 1.165) is 4.57 Å². The minimum absolute atomic E-state index is 0.169. The molecule has 1 heterocycles. The van der Waals surface area contributed by atoms with Crippen LogP contribution in [0.4, 0.5) is 0 Å². The third-order valence-corrected chi connectivity index (χ3v) is 2.50. The van der Waals surface area contributed by atoms with Gasteiger partial charge in [0.2, 0.25) is 0 Å². The van der Waals surface area contributed by atoms with E-state index in [-0.39, 0.29) is 12.1 Å². The smallest absolute Gasteiger partial charge is 0.329 e. The lowest BCUT2D eigenvalue weighted by Crippen LogP contribution is -2.34.